The van der Waals surface area contributed by atoms with E-state index in [0.29, 0.717) is 31.2 Å². The molecule has 1 saturated heterocycles. The van der Waals surface area contributed by atoms with E-state index in [1.165, 1.54) is 0 Å². The van der Waals surface area contributed by atoms with Crippen molar-refractivity contribution in [1.29, 1.82) is 0 Å². The Labute approximate surface area is 177 Å². The van der Waals surface area contributed by atoms with Crippen molar-refractivity contribution in [3.05, 3.63) is 60.5 Å². The Kier molecular flexibility index (Phi) is 7.68. The number of hydrogen-bond donors (Lipinski definition) is 0. The van der Waals surface area contributed by atoms with Gasteiger partial charge in [-0.15, -0.1) is 0 Å². The van der Waals surface area contributed by atoms with E-state index in [0.717, 1.165) is 30.6 Å². The first-order valence-corrected chi connectivity index (χ1v) is 10.1. The average molecular weight is 412 g/mol. The van der Waals surface area contributed by atoms with E-state index in [4.69, 9.17) is 14.2 Å². The molecule has 1 aromatic heterocycles. The Morgan fingerprint density at radius 3 is 2.97 bits per heavy atom. The van der Waals surface area contributed by atoms with Crippen molar-refractivity contribution in [2.24, 2.45) is 7.05 Å². The van der Waals surface area contributed by atoms with Gasteiger partial charge in [0.05, 0.1) is 19.4 Å². The Bertz CT molecular complexity index is 884. The molecule has 1 amide bonds. The third-order valence-electron chi connectivity index (χ3n) is 4.86. The SMILES string of the molecule is C=CCOc1ccc(CN(CC2CCCO2)C(=O)/C=C/c2cnn(C)c2)cc1OC. The standard InChI is InChI=1S/C23H29N3O4/c1-4-11-30-21-9-7-18(13-22(21)28-3)16-26(17-20-6-5-12-29-20)23(27)10-8-19-14-24-25(2)15-19/h4,7-10,13-15,20H,1,5-6,11-12,16-17H2,2-3H3/b10-8+. The molecule has 2 heterocycles. The minimum absolute atomic E-state index is 0.0674. The molecule has 1 aliphatic rings. The number of carbonyl (C=O) groups is 1. The second-order valence-electron chi connectivity index (χ2n) is 7.22. The third kappa shape index (κ3) is 5.97. The zero-order valence-electron chi connectivity index (χ0n) is 17.6. The van der Waals surface area contributed by atoms with Gasteiger partial charge in [0.15, 0.2) is 11.5 Å². The molecule has 2 aromatic rings. The van der Waals surface area contributed by atoms with E-state index in [9.17, 15) is 4.79 Å². The molecule has 7 nitrogen and oxygen atoms in total. The van der Waals surface area contributed by atoms with Crippen LogP contribution in [0.1, 0.15) is 24.0 Å². The molecule has 1 aromatic carbocycles. The molecule has 7 heteroatoms. The molecule has 1 aliphatic heterocycles. The summed E-state index contributed by atoms with van der Waals surface area (Å²) in [6.45, 7) is 5.82. The van der Waals surface area contributed by atoms with E-state index in [1.807, 2.05) is 36.3 Å². The molecule has 0 aliphatic carbocycles. The molecule has 0 N–H and O–H groups in total. The van der Waals surface area contributed by atoms with Gasteiger partial charge in [0.2, 0.25) is 5.91 Å². The van der Waals surface area contributed by atoms with Gasteiger partial charge in [-0.05, 0) is 36.6 Å². The second-order valence-corrected chi connectivity index (χ2v) is 7.22. The molecule has 1 unspecified atom stereocenters. The second kappa shape index (κ2) is 10.6. The van der Waals surface area contributed by atoms with Gasteiger partial charge in [-0.25, -0.2) is 0 Å². The van der Waals surface area contributed by atoms with Crippen molar-refractivity contribution in [2.75, 3.05) is 26.9 Å². The maximum absolute atomic E-state index is 13.0. The highest BCUT2D eigenvalue weighted by atomic mass is 16.5. The Morgan fingerprint density at radius 1 is 1.43 bits per heavy atom. The molecule has 30 heavy (non-hydrogen) atoms. The Balaban J connectivity index is 1.75. The van der Waals surface area contributed by atoms with Crippen molar-refractivity contribution in [2.45, 2.75) is 25.5 Å². The lowest BCUT2D eigenvalue weighted by molar-refractivity contribution is -0.128. The topological polar surface area (TPSA) is 65.8 Å². The van der Waals surface area contributed by atoms with E-state index in [1.54, 1.807) is 36.2 Å². The lowest BCUT2D eigenvalue weighted by Gasteiger charge is -2.25. The largest absolute Gasteiger partial charge is 0.493 e. The fourth-order valence-corrected chi connectivity index (χ4v) is 3.36. The van der Waals surface area contributed by atoms with Crippen LogP contribution < -0.4 is 9.47 Å². The molecular weight excluding hydrogens is 382 g/mol. The van der Waals surface area contributed by atoms with Gasteiger partial charge in [0.1, 0.15) is 6.61 Å². The molecule has 0 saturated carbocycles. The molecule has 3 rings (SSSR count). The first-order valence-electron chi connectivity index (χ1n) is 10.1. The quantitative estimate of drug-likeness (QED) is 0.444. The van der Waals surface area contributed by atoms with Crippen LogP contribution in [0.15, 0.2) is 49.3 Å². The van der Waals surface area contributed by atoms with Gasteiger partial charge >= 0.3 is 0 Å². The summed E-state index contributed by atoms with van der Waals surface area (Å²) < 4.78 is 18.5. The molecule has 0 radical (unpaired) electrons. The highest BCUT2D eigenvalue weighted by Gasteiger charge is 2.22. The summed E-state index contributed by atoms with van der Waals surface area (Å²) in [6, 6.07) is 5.71. The van der Waals surface area contributed by atoms with Crippen molar-refractivity contribution in [3.8, 4) is 11.5 Å². The van der Waals surface area contributed by atoms with Crippen LogP contribution >= 0.6 is 0 Å². The van der Waals surface area contributed by atoms with Gasteiger partial charge in [0.25, 0.3) is 0 Å². The zero-order valence-corrected chi connectivity index (χ0v) is 17.6. The van der Waals surface area contributed by atoms with Crippen LogP contribution in [0.3, 0.4) is 0 Å². The maximum atomic E-state index is 13.0. The summed E-state index contributed by atoms with van der Waals surface area (Å²) in [4.78, 5) is 14.8. The minimum atomic E-state index is -0.0692. The van der Waals surface area contributed by atoms with Crippen LogP contribution in [0.4, 0.5) is 0 Å². The van der Waals surface area contributed by atoms with Crippen LogP contribution in [-0.2, 0) is 23.1 Å². The predicted molar refractivity (Wildman–Crippen MR) is 115 cm³/mol. The number of ether oxygens (including phenoxy) is 3. The summed E-state index contributed by atoms with van der Waals surface area (Å²) in [5.41, 5.74) is 1.84. The lowest BCUT2D eigenvalue weighted by atomic mass is 10.1. The minimum Gasteiger partial charge on any atom is -0.493 e. The predicted octanol–water partition coefficient (Wildman–Crippen LogP) is 3.21. The molecular formula is C23H29N3O4. The smallest absolute Gasteiger partial charge is 0.246 e. The molecule has 1 atom stereocenters. The van der Waals surface area contributed by atoms with E-state index in [2.05, 4.69) is 11.7 Å². The van der Waals surface area contributed by atoms with Crippen molar-refractivity contribution in [1.82, 2.24) is 14.7 Å². The molecule has 0 bridgehead atoms. The van der Waals surface area contributed by atoms with E-state index >= 15 is 0 Å². The molecule has 0 spiro atoms. The first-order chi connectivity index (χ1) is 14.6. The normalized spacial score (nSPS) is 16.0. The number of amides is 1. The van der Waals surface area contributed by atoms with Crippen molar-refractivity contribution < 1.29 is 19.0 Å². The zero-order chi connectivity index (χ0) is 21.3. The van der Waals surface area contributed by atoms with Gasteiger partial charge in [-0.2, -0.15) is 5.10 Å². The number of aryl methyl sites for hydroxylation is 1. The average Bonchev–Trinajstić information content (AvgIpc) is 3.42. The van der Waals surface area contributed by atoms with Crippen LogP contribution in [0.2, 0.25) is 0 Å². The monoisotopic (exact) mass is 411 g/mol. The number of hydrogen-bond acceptors (Lipinski definition) is 5. The van der Waals surface area contributed by atoms with Crippen LogP contribution in [-0.4, -0.2) is 53.6 Å². The van der Waals surface area contributed by atoms with Crippen LogP contribution in [0.5, 0.6) is 11.5 Å². The molecule has 1 fully saturated rings. The maximum Gasteiger partial charge on any atom is 0.246 e. The Hall–Kier alpha value is -3.06. The van der Waals surface area contributed by atoms with Crippen LogP contribution in [0.25, 0.3) is 6.08 Å². The summed E-state index contributed by atoms with van der Waals surface area (Å²) in [6.07, 6.45) is 10.7. The number of carbonyl (C=O) groups excluding carboxylic acids is 1. The Morgan fingerprint density at radius 2 is 2.30 bits per heavy atom. The van der Waals surface area contributed by atoms with Gasteiger partial charge < -0.3 is 19.1 Å². The fourth-order valence-electron chi connectivity index (χ4n) is 3.36. The van der Waals surface area contributed by atoms with Gasteiger partial charge in [0, 0.05) is 44.6 Å². The number of nitrogens with zero attached hydrogens (tertiary/aromatic N) is 3. The van der Waals surface area contributed by atoms with Crippen LogP contribution in [0, 0.1) is 0 Å². The number of methoxy groups -OCH3 is 1. The highest BCUT2D eigenvalue weighted by molar-refractivity contribution is 5.91. The number of rotatable bonds is 10. The number of benzene rings is 1. The summed E-state index contributed by atoms with van der Waals surface area (Å²) in [7, 11) is 3.45. The van der Waals surface area contributed by atoms with E-state index in [-0.39, 0.29) is 12.0 Å². The van der Waals surface area contributed by atoms with Crippen molar-refractivity contribution >= 4 is 12.0 Å². The first kappa shape index (κ1) is 21.6. The summed E-state index contributed by atoms with van der Waals surface area (Å²) >= 11 is 0. The van der Waals surface area contributed by atoms with Crippen molar-refractivity contribution in [3.63, 3.8) is 0 Å². The molecule has 160 valence electrons. The fraction of sp³-hybridized carbons (Fsp3) is 0.391. The lowest BCUT2D eigenvalue weighted by Crippen LogP contribution is -2.35. The van der Waals surface area contributed by atoms with E-state index < -0.39 is 0 Å². The summed E-state index contributed by atoms with van der Waals surface area (Å²) in [5, 5.41) is 4.13. The highest BCUT2D eigenvalue weighted by Crippen LogP contribution is 2.29. The number of aromatic nitrogens is 2. The van der Waals surface area contributed by atoms with Gasteiger partial charge in [-0.1, -0.05) is 18.7 Å². The summed E-state index contributed by atoms with van der Waals surface area (Å²) in [5.74, 6) is 1.21. The van der Waals surface area contributed by atoms with Gasteiger partial charge in [-0.3, -0.25) is 9.48 Å². The third-order valence-corrected chi connectivity index (χ3v) is 4.86.